The summed E-state index contributed by atoms with van der Waals surface area (Å²) in [6.07, 6.45) is 2.21. The lowest BCUT2D eigenvalue weighted by molar-refractivity contribution is 0.0583. The lowest BCUT2D eigenvalue weighted by Crippen LogP contribution is -2.34. The molecule has 0 bridgehead atoms. The highest BCUT2D eigenvalue weighted by Gasteiger charge is 2.25. The Hall–Kier alpha value is -1.56. The van der Waals surface area contributed by atoms with Gasteiger partial charge in [-0.15, -0.1) is 0 Å². The number of nitrogens with one attached hydrogen (secondary N) is 1. The Balaban J connectivity index is 2.06. The molecule has 1 amide bonds. The first-order valence-corrected chi connectivity index (χ1v) is 6.71. The lowest BCUT2D eigenvalue weighted by atomic mass is 10.1. The normalized spacial score (nSPS) is 19.1. The van der Waals surface area contributed by atoms with Gasteiger partial charge in [0.05, 0.1) is 17.5 Å². The van der Waals surface area contributed by atoms with Crippen molar-refractivity contribution in [3.63, 3.8) is 0 Å². The minimum absolute atomic E-state index is 0.138. The van der Waals surface area contributed by atoms with E-state index >= 15 is 0 Å². The van der Waals surface area contributed by atoms with E-state index in [4.69, 9.17) is 10.5 Å². The third kappa shape index (κ3) is 2.89. The molecule has 2 heterocycles. The van der Waals surface area contributed by atoms with Gasteiger partial charge in [0.15, 0.2) is 5.69 Å². The maximum atomic E-state index is 12.3. The highest BCUT2D eigenvalue weighted by molar-refractivity contribution is 5.97. The number of hydrogen-bond donors (Lipinski definition) is 2. The van der Waals surface area contributed by atoms with Gasteiger partial charge in [0.2, 0.25) is 0 Å². The molecule has 0 radical (unpaired) electrons. The molecule has 1 fully saturated rings. The summed E-state index contributed by atoms with van der Waals surface area (Å²) in [4.78, 5) is 13.9. The van der Waals surface area contributed by atoms with Crippen LogP contribution in [-0.4, -0.2) is 47.3 Å². The van der Waals surface area contributed by atoms with E-state index in [0.29, 0.717) is 17.9 Å². The minimum Gasteiger partial charge on any atom is -0.395 e. The summed E-state index contributed by atoms with van der Waals surface area (Å²) in [6.45, 7) is 5.39. The number of nitrogen functional groups attached to an aromatic ring is 1. The van der Waals surface area contributed by atoms with Crippen molar-refractivity contribution >= 4 is 11.6 Å². The SMILES string of the molecule is CC(C)c1[nH]nc(C(=O)N(C)CC2CCCO2)c1N. The number of hydrogen-bond acceptors (Lipinski definition) is 4. The number of nitrogens with two attached hydrogens (primary N) is 1. The van der Waals surface area contributed by atoms with Crippen LogP contribution in [0.1, 0.15) is 48.8 Å². The van der Waals surface area contributed by atoms with Crippen molar-refractivity contribution in [2.45, 2.75) is 38.7 Å². The summed E-state index contributed by atoms with van der Waals surface area (Å²) in [7, 11) is 1.76. The largest absolute Gasteiger partial charge is 0.395 e. The molecule has 106 valence electrons. The van der Waals surface area contributed by atoms with E-state index in [9.17, 15) is 4.79 Å². The van der Waals surface area contributed by atoms with Crippen LogP contribution < -0.4 is 5.73 Å². The fourth-order valence-corrected chi connectivity index (χ4v) is 2.32. The number of likely N-dealkylation sites (N-methyl/N-ethyl adjacent to an activating group) is 1. The van der Waals surface area contributed by atoms with Crippen molar-refractivity contribution < 1.29 is 9.53 Å². The van der Waals surface area contributed by atoms with Gasteiger partial charge in [-0.25, -0.2) is 0 Å². The van der Waals surface area contributed by atoms with Crippen LogP contribution in [0, 0.1) is 0 Å². The Labute approximate surface area is 113 Å². The molecule has 1 atom stereocenters. The first kappa shape index (κ1) is 13.9. The van der Waals surface area contributed by atoms with E-state index < -0.39 is 0 Å². The van der Waals surface area contributed by atoms with E-state index in [1.165, 1.54) is 0 Å². The van der Waals surface area contributed by atoms with E-state index in [0.717, 1.165) is 25.1 Å². The van der Waals surface area contributed by atoms with E-state index in [1.54, 1.807) is 11.9 Å². The van der Waals surface area contributed by atoms with Crippen molar-refractivity contribution in [3.8, 4) is 0 Å². The van der Waals surface area contributed by atoms with Gasteiger partial charge in [0.1, 0.15) is 0 Å². The number of carbonyl (C=O) groups is 1. The molecule has 6 heteroatoms. The molecule has 1 saturated heterocycles. The highest BCUT2D eigenvalue weighted by Crippen LogP contribution is 2.23. The summed E-state index contributed by atoms with van der Waals surface area (Å²) in [5.74, 6) is 0.0636. The fraction of sp³-hybridized carbons (Fsp3) is 0.692. The molecule has 0 aliphatic carbocycles. The third-order valence-corrected chi connectivity index (χ3v) is 3.46. The van der Waals surface area contributed by atoms with E-state index in [2.05, 4.69) is 10.2 Å². The van der Waals surface area contributed by atoms with Crippen LogP contribution in [-0.2, 0) is 4.74 Å². The first-order valence-electron chi connectivity index (χ1n) is 6.71. The van der Waals surface area contributed by atoms with Crippen molar-refractivity contribution in [2.24, 2.45) is 0 Å². The van der Waals surface area contributed by atoms with Crippen LogP contribution >= 0.6 is 0 Å². The number of carbonyl (C=O) groups excluding carboxylic acids is 1. The smallest absolute Gasteiger partial charge is 0.276 e. The molecule has 1 aliphatic rings. The Kier molecular flexibility index (Phi) is 4.09. The van der Waals surface area contributed by atoms with Crippen LogP contribution in [0.2, 0.25) is 0 Å². The number of ether oxygens (including phenoxy) is 1. The van der Waals surface area contributed by atoms with Crippen molar-refractivity contribution in [3.05, 3.63) is 11.4 Å². The van der Waals surface area contributed by atoms with Crippen molar-refractivity contribution in [1.29, 1.82) is 0 Å². The molecule has 1 unspecified atom stereocenters. The molecule has 0 aromatic carbocycles. The average molecular weight is 266 g/mol. The van der Waals surface area contributed by atoms with Crippen molar-refractivity contribution in [2.75, 3.05) is 25.9 Å². The Bertz CT molecular complexity index is 449. The Morgan fingerprint density at radius 2 is 2.37 bits per heavy atom. The fourth-order valence-electron chi connectivity index (χ4n) is 2.32. The molecule has 0 saturated carbocycles. The number of nitrogens with zero attached hydrogens (tertiary/aromatic N) is 2. The number of rotatable bonds is 4. The zero-order valence-corrected chi connectivity index (χ0v) is 11.8. The molecular weight excluding hydrogens is 244 g/mol. The Morgan fingerprint density at radius 3 is 2.89 bits per heavy atom. The van der Waals surface area contributed by atoms with Crippen LogP contribution in [0.25, 0.3) is 0 Å². The zero-order valence-electron chi connectivity index (χ0n) is 11.8. The molecule has 0 spiro atoms. The van der Waals surface area contributed by atoms with Gasteiger partial charge in [-0.05, 0) is 18.8 Å². The van der Waals surface area contributed by atoms with Crippen LogP contribution in [0.4, 0.5) is 5.69 Å². The minimum atomic E-state index is -0.156. The van der Waals surface area contributed by atoms with Gasteiger partial charge in [0.25, 0.3) is 5.91 Å². The van der Waals surface area contributed by atoms with Crippen molar-refractivity contribution in [1.82, 2.24) is 15.1 Å². The number of amides is 1. The third-order valence-electron chi connectivity index (χ3n) is 3.46. The molecule has 19 heavy (non-hydrogen) atoms. The Morgan fingerprint density at radius 1 is 1.63 bits per heavy atom. The van der Waals surface area contributed by atoms with Gasteiger partial charge in [-0.3, -0.25) is 9.89 Å². The maximum absolute atomic E-state index is 12.3. The average Bonchev–Trinajstić information content (AvgIpc) is 2.97. The quantitative estimate of drug-likeness (QED) is 0.862. The second-order valence-electron chi connectivity index (χ2n) is 5.37. The standard InChI is InChI=1S/C13H22N4O2/c1-8(2)11-10(14)12(16-15-11)13(18)17(3)7-9-5-4-6-19-9/h8-9H,4-7,14H2,1-3H3,(H,15,16). The molecule has 1 aromatic rings. The number of anilines is 1. The lowest BCUT2D eigenvalue weighted by Gasteiger charge is -2.20. The number of aromatic amines is 1. The molecule has 1 aromatic heterocycles. The van der Waals surface area contributed by atoms with Gasteiger partial charge in [0, 0.05) is 20.2 Å². The monoisotopic (exact) mass is 266 g/mol. The van der Waals surface area contributed by atoms with Crippen LogP contribution in [0.5, 0.6) is 0 Å². The van der Waals surface area contributed by atoms with Gasteiger partial charge >= 0.3 is 0 Å². The first-order chi connectivity index (χ1) is 9.00. The number of aromatic nitrogens is 2. The van der Waals surface area contributed by atoms with Gasteiger partial charge in [-0.2, -0.15) is 5.10 Å². The predicted octanol–water partition coefficient (Wildman–Crippen LogP) is 1.37. The van der Waals surface area contributed by atoms with Gasteiger partial charge < -0.3 is 15.4 Å². The van der Waals surface area contributed by atoms with Crippen LogP contribution in [0.3, 0.4) is 0 Å². The predicted molar refractivity (Wildman–Crippen MR) is 73.0 cm³/mol. The molecular formula is C13H22N4O2. The van der Waals surface area contributed by atoms with E-state index in [-0.39, 0.29) is 17.9 Å². The topological polar surface area (TPSA) is 84.2 Å². The summed E-state index contributed by atoms with van der Waals surface area (Å²) in [5, 5.41) is 6.90. The van der Waals surface area contributed by atoms with E-state index in [1.807, 2.05) is 13.8 Å². The summed E-state index contributed by atoms with van der Waals surface area (Å²) in [6, 6.07) is 0. The molecule has 2 rings (SSSR count). The van der Waals surface area contributed by atoms with Crippen LogP contribution in [0.15, 0.2) is 0 Å². The summed E-state index contributed by atoms with van der Waals surface area (Å²) < 4.78 is 5.53. The molecule has 1 aliphatic heterocycles. The molecule has 6 nitrogen and oxygen atoms in total. The number of H-pyrrole nitrogens is 1. The second-order valence-corrected chi connectivity index (χ2v) is 5.37. The summed E-state index contributed by atoms with van der Waals surface area (Å²) >= 11 is 0. The highest BCUT2D eigenvalue weighted by atomic mass is 16.5. The summed E-state index contributed by atoms with van der Waals surface area (Å²) in [5.41, 5.74) is 7.56. The van der Waals surface area contributed by atoms with Gasteiger partial charge in [-0.1, -0.05) is 13.8 Å². The second kappa shape index (κ2) is 5.61. The zero-order chi connectivity index (χ0) is 14.0. The maximum Gasteiger partial charge on any atom is 0.276 e. The molecule has 3 N–H and O–H groups in total.